The minimum atomic E-state index is -0.179. The van der Waals surface area contributed by atoms with Gasteiger partial charge in [0.05, 0.1) is 11.3 Å². The second-order valence-corrected chi connectivity index (χ2v) is 4.80. The van der Waals surface area contributed by atoms with Crippen LogP contribution in [0.2, 0.25) is 0 Å². The van der Waals surface area contributed by atoms with Gasteiger partial charge in [-0.25, -0.2) is 0 Å². The molecule has 0 atom stereocenters. The maximum Gasteiger partial charge on any atom is 0.228 e. The van der Waals surface area contributed by atoms with Gasteiger partial charge in [-0.1, -0.05) is 30.3 Å². The highest BCUT2D eigenvalue weighted by Gasteiger charge is 2.20. The number of ketones is 1. The molecule has 0 aliphatic heterocycles. The van der Waals surface area contributed by atoms with Crippen LogP contribution < -0.4 is 5.73 Å². The first kappa shape index (κ1) is 12.9. The first-order valence-electron chi connectivity index (χ1n) is 6.44. The molecule has 21 heavy (non-hydrogen) atoms. The van der Waals surface area contributed by atoms with Crippen LogP contribution in [0, 0.1) is 18.3 Å². The Labute approximate surface area is 121 Å². The fourth-order valence-corrected chi connectivity index (χ4v) is 2.32. The van der Waals surface area contributed by atoms with Gasteiger partial charge in [-0.3, -0.25) is 4.79 Å². The topological polar surface area (TPSA) is 80.0 Å². The second-order valence-electron chi connectivity index (χ2n) is 4.80. The Bertz CT molecular complexity index is 887. The zero-order valence-electron chi connectivity index (χ0n) is 11.4. The van der Waals surface area contributed by atoms with Crippen molar-refractivity contribution in [1.29, 1.82) is 5.26 Å². The van der Waals surface area contributed by atoms with E-state index in [0.29, 0.717) is 22.4 Å². The predicted octanol–water partition coefficient (Wildman–Crippen LogP) is 3.43. The molecule has 0 aliphatic rings. The summed E-state index contributed by atoms with van der Waals surface area (Å²) in [5.74, 6) is 0.104. The van der Waals surface area contributed by atoms with E-state index < -0.39 is 0 Å². The van der Waals surface area contributed by atoms with Gasteiger partial charge >= 0.3 is 0 Å². The summed E-state index contributed by atoms with van der Waals surface area (Å²) in [6, 6.07) is 14.2. The third-order valence-electron chi connectivity index (χ3n) is 3.47. The second kappa shape index (κ2) is 4.80. The molecule has 3 aromatic rings. The molecular weight excluding hydrogens is 264 g/mol. The van der Waals surface area contributed by atoms with Gasteiger partial charge in [0, 0.05) is 22.6 Å². The Morgan fingerprint density at radius 3 is 2.62 bits per heavy atom. The van der Waals surface area contributed by atoms with E-state index in [1.54, 1.807) is 43.3 Å². The van der Waals surface area contributed by atoms with E-state index in [0.717, 1.165) is 10.9 Å². The van der Waals surface area contributed by atoms with Crippen LogP contribution in [0.5, 0.6) is 0 Å². The molecule has 0 radical (unpaired) electrons. The monoisotopic (exact) mass is 276 g/mol. The Kier molecular flexibility index (Phi) is 2.96. The van der Waals surface area contributed by atoms with Crippen LogP contribution in [0.15, 0.2) is 46.9 Å². The van der Waals surface area contributed by atoms with E-state index in [9.17, 15) is 4.79 Å². The van der Waals surface area contributed by atoms with Crippen molar-refractivity contribution in [3.8, 4) is 6.07 Å². The molecule has 0 saturated carbocycles. The van der Waals surface area contributed by atoms with Crippen LogP contribution in [0.1, 0.15) is 27.2 Å². The Morgan fingerprint density at radius 2 is 1.95 bits per heavy atom. The molecule has 0 fully saturated rings. The van der Waals surface area contributed by atoms with Gasteiger partial charge in [-0.05, 0) is 13.0 Å². The van der Waals surface area contributed by atoms with Crippen LogP contribution in [0.3, 0.4) is 0 Å². The van der Waals surface area contributed by atoms with Crippen LogP contribution in [0.25, 0.3) is 11.0 Å². The normalized spacial score (nSPS) is 10.5. The lowest BCUT2D eigenvalue weighted by atomic mass is 10.0. The number of furan rings is 1. The summed E-state index contributed by atoms with van der Waals surface area (Å²) in [5.41, 5.74) is 8.30. The molecule has 4 heteroatoms. The van der Waals surface area contributed by atoms with E-state index in [2.05, 4.69) is 0 Å². The van der Waals surface area contributed by atoms with E-state index in [1.807, 2.05) is 12.1 Å². The molecule has 0 aliphatic carbocycles. The molecule has 0 amide bonds. The van der Waals surface area contributed by atoms with Crippen LogP contribution >= 0.6 is 0 Å². The number of nitriles is 1. The number of fused-ring (bicyclic) bond motifs is 1. The van der Waals surface area contributed by atoms with Crippen LogP contribution in [0.4, 0.5) is 5.69 Å². The Hall–Kier alpha value is -3.06. The number of carbonyl (C=O) groups excluding carboxylic acids is 1. The molecule has 102 valence electrons. The molecule has 0 saturated heterocycles. The third kappa shape index (κ3) is 2.05. The summed E-state index contributed by atoms with van der Waals surface area (Å²) in [5, 5.41) is 9.77. The molecular formula is C17H12N2O2. The Morgan fingerprint density at radius 1 is 1.24 bits per heavy atom. The van der Waals surface area contributed by atoms with Gasteiger partial charge in [0.15, 0.2) is 5.76 Å². The SMILES string of the molecule is Cc1c(C(=O)c2ccccc2)oc2cc(N)c(C#N)cc12. The summed E-state index contributed by atoms with van der Waals surface area (Å²) in [4.78, 5) is 12.5. The highest BCUT2D eigenvalue weighted by atomic mass is 16.3. The average molecular weight is 276 g/mol. The average Bonchev–Trinajstić information content (AvgIpc) is 2.82. The molecule has 2 N–H and O–H groups in total. The highest BCUT2D eigenvalue weighted by molar-refractivity contribution is 6.10. The van der Waals surface area contributed by atoms with Crippen LogP contribution in [-0.4, -0.2) is 5.78 Å². The number of nitrogens with two attached hydrogens (primary N) is 1. The zero-order chi connectivity index (χ0) is 15.0. The lowest BCUT2D eigenvalue weighted by molar-refractivity contribution is 0.101. The molecule has 0 unspecified atom stereocenters. The summed E-state index contributed by atoms with van der Waals surface area (Å²) in [7, 11) is 0. The maximum atomic E-state index is 12.5. The number of aryl methyl sites for hydroxylation is 1. The van der Waals surface area contributed by atoms with Gasteiger partial charge in [-0.2, -0.15) is 5.26 Å². The van der Waals surface area contributed by atoms with Gasteiger partial charge in [-0.15, -0.1) is 0 Å². The van der Waals surface area contributed by atoms with Gasteiger partial charge in [0.1, 0.15) is 11.7 Å². The quantitative estimate of drug-likeness (QED) is 0.574. The summed E-state index contributed by atoms with van der Waals surface area (Å²) in [6.45, 7) is 1.80. The van der Waals surface area contributed by atoms with Crippen LogP contribution in [-0.2, 0) is 0 Å². The standard InChI is InChI=1S/C17H12N2O2/c1-10-13-7-12(9-18)14(19)8-15(13)21-17(10)16(20)11-5-3-2-4-6-11/h2-8H,19H2,1H3. The molecule has 3 rings (SSSR count). The lowest BCUT2D eigenvalue weighted by Gasteiger charge is -1.98. The van der Waals surface area contributed by atoms with Crippen molar-refractivity contribution < 1.29 is 9.21 Å². The van der Waals surface area contributed by atoms with E-state index in [1.165, 1.54) is 0 Å². The van der Waals surface area contributed by atoms with Crippen molar-refractivity contribution in [3.63, 3.8) is 0 Å². The molecule has 2 aromatic carbocycles. The molecule has 4 nitrogen and oxygen atoms in total. The summed E-state index contributed by atoms with van der Waals surface area (Å²) < 4.78 is 5.66. The first-order valence-corrected chi connectivity index (χ1v) is 6.44. The van der Waals surface area contributed by atoms with Crippen molar-refractivity contribution in [3.05, 3.63) is 64.9 Å². The minimum Gasteiger partial charge on any atom is -0.452 e. The Balaban J connectivity index is 2.19. The number of rotatable bonds is 2. The predicted molar refractivity (Wildman–Crippen MR) is 80.0 cm³/mol. The number of benzene rings is 2. The number of hydrogen-bond donors (Lipinski definition) is 1. The zero-order valence-corrected chi connectivity index (χ0v) is 11.4. The van der Waals surface area contributed by atoms with E-state index in [4.69, 9.17) is 15.4 Å². The number of nitrogens with zero attached hydrogens (tertiary/aromatic N) is 1. The van der Waals surface area contributed by atoms with Gasteiger partial charge in [0.25, 0.3) is 0 Å². The fraction of sp³-hybridized carbons (Fsp3) is 0.0588. The highest BCUT2D eigenvalue weighted by Crippen LogP contribution is 2.30. The van der Waals surface area contributed by atoms with E-state index >= 15 is 0 Å². The van der Waals surface area contributed by atoms with Crippen molar-refractivity contribution in [2.24, 2.45) is 0 Å². The molecule has 1 heterocycles. The van der Waals surface area contributed by atoms with Gasteiger partial charge in [0.2, 0.25) is 5.78 Å². The minimum absolute atomic E-state index is 0.179. The number of carbonyl (C=O) groups is 1. The van der Waals surface area contributed by atoms with Crippen molar-refractivity contribution >= 4 is 22.4 Å². The first-order chi connectivity index (χ1) is 10.1. The van der Waals surface area contributed by atoms with E-state index in [-0.39, 0.29) is 11.5 Å². The van der Waals surface area contributed by atoms with Crippen molar-refractivity contribution in [2.45, 2.75) is 6.92 Å². The third-order valence-corrected chi connectivity index (χ3v) is 3.47. The molecule has 0 spiro atoms. The lowest BCUT2D eigenvalue weighted by Crippen LogP contribution is -2.00. The molecule has 1 aromatic heterocycles. The smallest absolute Gasteiger partial charge is 0.228 e. The van der Waals surface area contributed by atoms with Crippen molar-refractivity contribution in [2.75, 3.05) is 5.73 Å². The number of hydrogen-bond acceptors (Lipinski definition) is 4. The van der Waals surface area contributed by atoms with Gasteiger partial charge < -0.3 is 10.2 Å². The number of nitrogen functional groups attached to an aromatic ring is 1. The number of anilines is 1. The maximum absolute atomic E-state index is 12.5. The summed E-state index contributed by atoms with van der Waals surface area (Å²) >= 11 is 0. The van der Waals surface area contributed by atoms with Crippen molar-refractivity contribution in [1.82, 2.24) is 0 Å². The summed E-state index contributed by atoms with van der Waals surface area (Å²) in [6.07, 6.45) is 0. The largest absolute Gasteiger partial charge is 0.452 e. The molecule has 0 bridgehead atoms. The fourth-order valence-electron chi connectivity index (χ4n) is 2.32.